The zero-order chi connectivity index (χ0) is 71.3. The number of cyclic esters (lactones) is 1. The molecule has 1 unspecified atom stereocenters. The van der Waals surface area contributed by atoms with E-state index in [0.717, 1.165) is 72.2 Å². The van der Waals surface area contributed by atoms with E-state index < -0.39 is 71.2 Å². The summed E-state index contributed by atoms with van der Waals surface area (Å²) in [6, 6.07) is 15.7. The zero-order valence-electron chi connectivity index (χ0n) is 57.7. The number of hydrogen-bond acceptors (Lipinski definition) is 17. The second kappa shape index (κ2) is 30.9. The monoisotopic (exact) mass is 1390 g/mol. The van der Waals surface area contributed by atoms with Crippen LogP contribution < -0.4 is 42.8 Å². The van der Waals surface area contributed by atoms with Gasteiger partial charge in [-0.15, -0.1) is 0 Å². The Morgan fingerprint density at radius 3 is 2.24 bits per heavy atom. The van der Waals surface area contributed by atoms with Crippen molar-refractivity contribution >= 4 is 63.9 Å². The fraction of sp³-hybridized carbons (Fsp3) is 0.514. The number of aliphatic hydroxyl groups is 1. The van der Waals surface area contributed by atoms with Crippen LogP contribution in [0, 0.1) is 30.0 Å². The third-order valence-corrected chi connectivity index (χ3v) is 21.4. The summed E-state index contributed by atoms with van der Waals surface area (Å²) in [6.45, 7) is 8.87. The molecule has 4 aliphatic heterocycles. The number of aromatic nitrogens is 5. The molecule has 26 nitrogen and oxygen atoms in total. The number of nitrogens with zero attached hydrogens (tertiary/aromatic N) is 6. The number of benzene rings is 3. The normalized spacial score (nSPS) is 18.5. The molecule has 6 aliphatic rings. The standard InChI is InChI=1S/C74H90FN13O13/c1-5-74(98)51-36-57-65-49(40-88(57)71(96)50(51)41-101-72(74)97)63-53(18-17-46-43(4)52(75)37-55(80-65)62(46)63)79-59(90)38-78-69(94)54(15-10-11-28-76)81-70(95)64(42(2)3)82-58(89)22-32-99-34-35-100-33-23-60(91)86-30-26-73(27-31-86)24-19-44(20-25-73)68(93)77-29-21-61(92)87-39-45-12-6-7-13-47(45)66-67(84-85-83-66)48-14-8-9-16-56(48)87/h6-9,12-14,16,36-37,42,44,53-54,64,98H,5,10-11,15,17-35,38-41,76H2,1-4H3,(H,77,93)(H,78,94)(H,79,90)(H,81,95)(H,82,89)(H,83,84,85)/t53-,54-,64?,74-/m0/s1. The maximum atomic E-state index is 15.6. The Kier molecular flexibility index (Phi) is 21.9. The predicted octanol–water partition coefficient (Wildman–Crippen LogP) is 5.62. The van der Waals surface area contributed by atoms with Crippen LogP contribution in [0.1, 0.15) is 156 Å². The Morgan fingerprint density at radius 1 is 0.792 bits per heavy atom. The number of halogens is 1. The molecule has 9 N–H and O–H groups in total. The van der Waals surface area contributed by atoms with Crippen molar-refractivity contribution in [3.8, 4) is 33.9 Å². The van der Waals surface area contributed by atoms with Crippen LogP contribution in [0.2, 0.25) is 0 Å². The maximum absolute atomic E-state index is 15.6. The summed E-state index contributed by atoms with van der Waals surface area (Å²) in [5.41, 5.74) is 11.8. The number of aryl methyl sites for hydroxylation is 1. The third-order valence-electron chi connectivity index (χ3n) is 21.4. The maximum Gasteiger partial charge on any atom is 0.343 e. The average Bonchev–Trinajstić information content (AvgIpc) is 1.60. The summed E-state index contributed by atoms with van der Waals surface area (Å²) < 4.78 is 33.7. The molecule has 3 aromatic heterocycles. The van der Waals surface area contributed by atoms with E-state index >= 15 is 4.39 Å². The van der Waals surface area contributed by atoms with Gasteiger partial charge in [0.15, 0.2) is 5.60 Å². The number of unbranched alkanes of at least 4 members (excludes halogenated alkanes) is 1. The molecule has 4 atom stereocenters. The minimum absolute atomic E-state index is 0.0127. The molecular weight excluding hydrogens is 1300 g/mol. The number of hydrogen-bond donors (Lipinski definition) is 8. The number of likely N-dealkylation sites (tertiary alicyclic amines) is 1. The molecule has 27 heteroatoms. The highest BCUT2D eigenvalue weighted by molar-refractivity contribution is 6.01. The first-order valence-corrected chi connectivity index (χ1v) is 35.5. The van der Waals surface area contributed by atoms with Gasteiger partial charge in [-0.1, -0.05) is 63.2 Å². The molecule has 1 saturated heterocycles. The highest BCUT2D eigenvalue weighted by atomic mass is 19.1. The zero-order valence-corrected chi connectivity index (χ0v) is 57.7. The number of rotatable bonds is 26. The first kappa shape index (κ1) is 71.5. The second-order valence-corrected chi connectivity index (χ2v) is 27.9. The second-order valence-electron chi connectivity index (χ2n) is 27.9. The van der Waals surface area contributed by atoms with Crippen molar-refractivity contribution in [2.24, 2.45) is 23.0 Å². The molecule has 3 aromatic carbocycles. The van der Waals surface area contributed by atoms with E-state index in [1.807, 2.05) is 53.4 Å². The van der Waals surface area contributed by atoms with Gasteiger partial charge in [0.2, 0.25) is 41.4 Å². The molecule has 2 fully saturated rings. The number of nitrogens with one attached hydrogen (secondary N) is 6. The Bertz CT molecular complexity index is 4250. The summed E-state index contributed by atoms with van der Waals surface area (Å²) in [5.74, 6) is -4.21. The molecule has 536 valence electrons. The number of H-pyrrole nitrogens is 1. The Morgan fingerprint density at radius 2 is 1.50 bits per heavy atom. The van der Waals surface area contributed by atoms with E-state index in [1.165, 1.54) is 10.6 Å². The molecule has 101 heavy (non-hydrogen) atoms. The summed E-state index contributed by atoms with van der Waals surface area (Å²) in [5, 5.41) is 38.1. The van der Waals surface area contributed by atoms with Gasteiger partial charge < -0.3 is 66.0 Å². The molecular formula is C74H90FN13O13. The minimum Gasteiger partial charge on any atom is -0.458 e. The van der Waals surface area contributed by atoms with Gasteiger partial charge in [-0.25, -0.2) is 14.2 Å². The van der Waals surface area contributed by atoms with Crippen molar-refractivity contribution in [1.82, 2.24) is 56.4 Å². The van der Waals surface area contributed by atoms with Crippen LogP contribution >= 0.6 is 0 Å². The van der Waals surface area contributed by atoms with E-state index in [4.69, 9.17) is 24.9 Å². The number of amides is 7. The van der Waals surface area contributed by atoms with E-state index in [-0.39, 0.29) is 124 Å². The molecule has 0 bridgehead atoms. The molecule has 7 amide bonds. The third kappa shape index (κ3) is 14.9. The first-order valence-electron chi connectivity index (χ1n) is 35.5. The van der Waals surface area contributed by atoms with Gasteiger partial charge in [0, 0.05) is 72.1 Å². The van der Waals surface area contributed by atoms with Crippen LogP contribution in [0.15, 0.2) is 65.5 Å². The smallest absolute Gasteiger partial charge is 0.343 e. The Labute approximate surface area is 584 Å². The summed E-state index contributed by atoms with van der Waals surface area (Å²) in [4.78, 5) is 131. The van der Waals surface area contributed by atoms with Crippen molar-refractivity contribution in [1.29, 1.82) is 0 Å². The van der Waals surface area contributed by atoms with E-state index in [1.54, 1.807) is 38.7 Å². The predicted molar refractivity (Wildman–Crippen MR) is 370 cm³/mol. The summed E-state index contributed by atoms with van der Waals surface area (Å²) in [6.07, 6.45) is 7.23. The highest BCUT2D eigenvalue weighted by Crippen LogP contribution is 2.48. The van der Waals surface area contributed by atoms with E-state index in [9.17, 15) is 48.3 Å². The fourth-order valence-electron chi connectivity index (χ4n) is 15.5. The number of esters is 1. The van der Waals surface area contributed by atoms with Crippen LogP contribution in [-0.2, 0) is 84.3 Å². The largest absolute Gasteiger partial charge is 0.458 e. The number of nitrogens with two attached hydrogens (primary N) is 1. The van der Waals surface area contributed by atoms with Gasteiger partial charge in [0.25, 0.3) is 5.56 Å². The number of pyridine rings is 2. The lowest BCUT2D eigenvalue weighted by Crippen LogP contribution is -2.56. The van der Waals surface area contributed by atoms with E-state index in [2.05, 4.69) is 42.0 Å². The van der Waals surface area contributed by atoms with Crippen molar-refractivity contribution in [3.63, 3.8) is 0 Å². The lowest BCUT2D eigenvalue weighted by atomic mass is 9.65. The van der Waals surface area contributed by atoms with E-state index in [0.29, 0.717) is 96.5 Å². The molecule has 0 radical (unpaired) electrons. The lowest BCUT2D eigenvalue weighted by molar-refractivity contribution is -0.172. The van der Waals surface area contributed by atoms with Crippen molar-refractivity contribution in [2.75, 3.05) is 64.1 Å². The quantitative estimate of drug-likeness (QED) is 0.0241. The van der Waals surface area contributed by atoms with Crippen LogP contribution in [0.25, 0.3) is 44.8 Å². The molecule has 6 aromatic rings. The number of para-hydroxylation sites is 1. The molecule has 7 heterocycles. The Balaban J connectivity index is 0.546. The first-order chi connectivity index (χ1) is 48.7. The van der Waals surface area contributed by atoms with Gasteiger partial charge >= 0.3 is 5.97 Å². The number of anilines is 1. The SMILES string of the molecule is CC[C@@]1(O)C(=O)OCc2c1cc1n(c2=O)Cc2c-1nc1cc(F)c(C)c3c1c2[C@@H](NC(=O)CNC(=O)[C@H](CCCCN)NC(=O)C(NC(=O)CCOCCOCCC(=O)N1CCC2(CCC(C(=O)NCCC(=O)N4Cc5ccccc5-c5n[nH]nc5-c5ccccc54)CC2)CC1)C(C)C)CC3. The fourth-order valence-corrected chi connectivity index (χ4v) is 15.5. The number of aromatic amines is 1. The van der Waals surface area contributed by atoms with Gasteiger partial charge in [-0.2, -0.15) is 15.4 Å². The van der Waals surface area contributed by atoms with Gasteiger partial charge in [0.05, 0.1) is 86.7 Å². The molecule has 12 rings (SSSR count). The van der Waals surface area contributed by atoms with Crippen LogP contribution in [0.3, 0.4) is 0 Å². The molecule has 1 spiro atoms. The van der Waals surface area contributed by atoms with Gasteiger partial charge in [-0.05, 0) is 136 Å². The number of fused-ring (bicyclic) bond motifs is 10. The lowest BCUT2D eigenvalue weighted by Gasteiger charge is -2.45. The number of piperidine rings is 1. The average molecular weight is 1390 g/mol. The van der Waals surface area contributed by atoms with Crippen LogP contribution in [0.5, 0.6) is 0 Å². The van der Waals surface area contributed by atoms with Crippen LogP contribution in [0.4, 0.5) is 10.1 Å². The van der Waals surface area contributed by atoms with Crippen LogP contribution in [-0.4, -0.2) is 154 Å². The summed E-state index contributed by atoms with van der Waals surface area (Å²) in [7, 11) is 0. The highest BCUT2D eigenvalue weighted by Gasteiger charge is 2.47. The Hall–Kier alpha value is -9.31. The molecule has 2 aliphatic carbocycles. The van der Waals surface area contributed by atoms with Crippen molar-refractivity contribution < 1.29 is 62.1 Å². The van der Waals surface area contributed by atoms with Gasteiger partial charge in [-0.3, -0.25) is 38.4 Å². The summed E-state index contributed by atoms with van der Waals surface area (Å²) >= 11 is 0. The molecule has 1 saturated carbocycles. The van der Waals surface area contributed by atoms with Crippen molar-refractivity contribution in [2.45, 2.75) is 167 Å². The van der Waals surface area contributed by atoms with Crippen molar-refractivity contribution in [3.05, 3.63) is 116 Å². The number of carbonyl (C=O) groups excluding carboxylic acids is 8. The minimum atomic E-state index is -2.06. The van der Waals surface area contributed by atoms with Gasteiger partial charge in [0.1, 0.15) is 35.9 Å². The number of carbonyl (C=O) groups is 8. The number of ether oxygens (including phenoxy) is 3. The topological polar surface area (TPSA) is 354 Å².